The number of hydrogen-bond acceptors (Lipinski definition) is 4. The van der Waals surface area contributed by atoms with Crippen LogP contribution in [0.5, 0.6) is 5.75 Å². The summed E-state index contributed by atoms with van der Waals surface area (Å²) >= 11 is 0. The van der Waals surface area contributed by atoms with E-state index in [0.29, 0.717) is 25.0 Å². The Hall–Kier alpha value is -1.59. The number of methoxy groups -OCH3 is 1. The van der Waals surface area contributed by atoms with Gasteiger partial charge in [-0.25, -0.2) is 0 Å². The maximum Gasteiger partial charge on any atom is 0.237 e. The summed E-state index contributed by atoms with van der Waals surface area (Å²) in [7, 11) is 1.66. The second kappa shape index (κ2) is 8.19. The molecule has 1 unspecified atom stereocenters. The first-order valence-corrected chi connectivity index (χ1v) is 9.39. The summed E-state index contributed by atoms with van der Waals surface area (Å²) in [5.41, 5.74) is 1.15. The Morgan fingerprint density at radius 3 is 2.40 bits per heavy atom. The molecule has 1 aromatic carbocycles. The molecular weight excluding hydrogens is 316 g/mol. The third-order valence-electron chi connectivity index (χ3n) is 5.49. The summed E-state index contributed by atoms with van der Waals surface area (Å²) in [6.07, 6.45) is 3.95. The fraction of sp³-hybridized carbons (Fsp3) is 0.650. The van der Waals surface area contributed by atoms with Crippen molar-refractivity contribution in [3.8, 4) is 5.75 Å². The number of benzene rings is 1. The molecule has 1 saturated carbocycles. The minimum Gasteiger partial charge on any atom is -0.497 e. The number of carbonyl (C=O) groups is 1. The zero-order valence-corrected chi connectivity index (χ0v) is 15.4. The second-order valence-corrected chi connectivity index (χ2v) is 7.46. The Bertz CT molecular complexity index is 561. The Balaban J connectivity index is 1.54. The number of carbonyl (C=O) groups excluding carboxylic acids is 1. The Morgan fingerprint density at radius 2 is 1.88 bits per heavy atom. The number of rotatable bonds is 7. The van der Waals surface area contributed by atoms with Crippen molar-refractivity contribution in [1.29, 1.82) is 0 Å². The molecule has 1 amide bonds. The molecule has 1 aromatic rings. The summed E-state index contributed by atoms with van der Waals surface area (Å²) in [4.78, 5) is 17.1. The number of piperidine rings is 1. The molecular formula is C20H30N2O3. The number of ether oxygens (including phenoxy) is 1. The zero-order valence-electron chi connectivity index (χ0n) is 15.4. The van der Waals surface area contributed by atoms with Crippen LogP contribution in [0.15, 0.2) is 24.3 Å². The van der Waals surface area contributed by atoms with E-state index in [1.165, 1.54) is 0 Å². The number of aliphatic hydroxyl groups is 1. The van der Waals surface area contributed by atoms with Crippen LogP contribution in [0.25, 0.3) is 0 Å². The molecule has 2 fully saturated rings. The predicted octanol–water partition coefficient (Wildman–Crippen LogP) is 2.28. The van der Waals surface area contributed by atoms with E-state index in [2.05, 4.69) is 4.90 Å². The Kier molecular flexibility index (Phi) is 5.97. The lowest BCUT2D eigenvalue weighted by Gasteiger charge is -2.34. The van der Waals surface area contributed by atoms with Crippen molar-refractivity contribution in [1.82, 2.24) is 9.80 Å². The lowest BCUT2D eigenvalue weighted by molar-refractivity contribution is -0.134. The van der Waals surface area contributed by atoms with Crippen LogP contribution in [-0.2, 0) is 11.3 Å². The van der Waals surface area contributed by atoms with Gasteiger partial charge in [0.1, 0.15) is 5.75 Å². The van der Waals surface area contributed by atoms with Gasteiger partial charge in [0.15, 0.2) is 0 Å². The quantitative estimate of drug-likeness (QED) is 0.823. The fourth-order valence-electron chi connectivity index (χ4n) is 3.61. The minimum atomic E-state index is -0.240. The highest BCUT2D eigenvalue weighted by Gasteiger charge is 2.33. The van der Waals surface area contributed by atoms with E-state index < -0.39 is 0 Å². The van der Waals surface area contributed by atoms with E-state index in [1.54, 1.807) is 7.11 Å². The van der Waals surface area contributed by atoms with E-state index in [9.17, 15) is 9.90 Å². The van der Waals surface area contributed by atoms with E-state index in [-0.39, 0.29) is 12.0 Å². The predicted molar refractivity (Wildman–Crippen MR) is 97.4 cm³/mol. The molecule has 5 nitrogen and oxygen atoms in total. The van der Waals surface area contributed by atoms with E-state index in [1.807, 2.05) is 36.1 Å². The molecule has 1 heterocycles. The summed E-state index contributed by atoms with van der Waals surface area (Å²) in [5, 5.41) is 9.71. The smallest absolute Gasteiger partial charge is 0.237 e. The van der Waals surface area contributed by atoms with Crippen LogP contribution in [0.1, 0.15) is 38.2 Å². The maximum absolute atomic E-state index is 12.8. The van der Waals surface area contributed by atoms with Gasteiger partial charge >= 0.3 is 0 Å². The van der Waals surface area contributed by atoms with Gasteiger partial charge in [-0.3, -0.25) is 9.69 Å². The van der Waals surface area contributed by atoms with Crippen LogP contribution in [0.4, 0.5) is 0 Å². The molecule has 2 aliphatic rings. The molecule has 0 bridgehead atoms. The number of amides is 1. The molecule has 1 aliphatic heterocycles. The number of hydrogen-bond donors (Lipinski definition) is 1. The number of nitrogens with zero attached hydrogens (tertiary/aromatic N) is 2. The van der Waals surface area contributed by atoms with Gasteiger partial charge in [0.05, 0.1) is 19.8 Å². The zero-order chi connectivity index (χ0) is 17.8. The van der Waals surface area contributed by atoms with E-state index >= 15 is 0 Å². The average Bonchev–Trinajstić information content (AvgIpc) is 3.45. The van der Waals surface area contributed by atoms with E-state index in [4.69, 9.17) is 4.74 Å². The maximum atomic E-state index is 12.8. The molecule has 1 aliphatic carbocycles. The normalized spacial score (nSPS) is 20.3. The molecule has 0 aromatic heterocycles. The van der Waals surface area contributed by atoms with Crippen molar-refractivity contribution in [3.63, 3.8) is 0 Å². The van der Waals surface area contributed by atoms with Gasteiger partial charge in [-0.05, 0) is 69.3 Å². The first-order valence-electron chi connectivity index (χ1n) is 9.39. The lowest BCUT2D eigenvalue weighted by atomic mass is 9.92. The molecule has 1 N–H and O–H groups in total. The average molecular weight is 346 g/mol. The van der Waals surface area contributed by atoms with Gasteiger partial charge in [0, 0.05) is 12.6 Å². The van der Waals surface area contributed by atoms with Crippen molar-refractivity contribution >= 4 is 5.91 Å². The highest BCUT2D eigenvalue weighted by atomic mass is 16.5. The minimum absolute atomic E-state index is 0.230. The Morgan fingerprint density at radius 1 is 1.24 bits per heavy atom. The molecule has 1 atom stereocenters. The summed E-state index contributed by atoms with van der Waals surface area (Å²) in [6, 6.07) is 8.38. The lowest BCUT2D eigenvalue weighted by Crippen LogP contribution is -2.45. The van der Waals surface area contributed by atoms with Gasteiger partial charge in [0.2, 0.25) is 5.91 Å². The summed E-state index contributed by atoms with van der Waals surface area (Å²) in [6.45, 7) is 4.86. The molecule has 0 spiro atoms. The third-order valence-corrected chi connectivity index (χ3v) is 5.49. The van der Waals surface area contributed by atoms with E-state index in [0.717, 1.165) is 50.1 Å². The molecule has 138 valence electrons. The highest BCUT2D eigenvalue weighted by molar-refractivity contribution is 5.79. The standard InChI is InChI=1S/C20H30N2O3/c1-15(23)17-9-11-21(12-10-17)14-20(24)22(18-5-6-18)13-16-3-7-19(25-2)8-4-16/h3-4,7-8,15,17-18,23H,5-6,9-14H2,1-2H3. The topological polar surface area (TPSA) is 53.0 Å². The van der Waals surface area contributed by atoms with Gasteiger partial charge < -0.3 is 14.7 Å². The molecule has 5 heteroatoms. The van der Waals surface area contributed by atoms with Gasteiger partial charge in [-0.15, -0.1) is 0 Å². The summed E-state index contributed by atoms with van der Waals surface area (Å²) in [5.74, 6) is 1.45. The number of likely N-dealkylation sites (tertiary alicyclic amines) is 1. The van der Waals surface area contributed by atoms with Crippen LogP contribution >= 0.6 is 0 Å². The monoisotopic (exact) mass is 346 g/mol. The molecule has 25 heavy (non-hydrogen) atoms. The number of aliphatic hydroxyl groups excluding tert-OH is 1. The van der Waals surface area contributed by atoms with Crippen LogP contribution in [0.3, 0.4) is 0 Å². The van der Waals surface area contributed by atoms with Gasteiger partial charge in [-0.1, -0.05) is 12.1 Å². The SMILES string of the molecule is COc1ccc(CN(C(=O)CN2CCC(C(C)O)CC2)C2CC2)cc1. The fourth-order valence-corrected chi connectivity index (χ4v) is 3.61. The van der Waals surface area contributed by atoms with Crippen molar-refractivity contribution in [2.75, 3.05) is 26.7 Å². The van der Waals surface area contributed by atoms with Crippen LogP contribution in [0.2, 0.25) is 0 Å². The van der Waals surface area contributed by atoms with Crippen LogP contribution in [-0.4, -0.2) is 59.7 Å². The molecule has 1 saturated heterocycles. The van der Waals surface area contributed by atoms with Crippen molar-refractivity contribution < 1.29 is 14.6 Å². The van der Waals surface area contributed by atoms with Crippen molar-refractivity contribution in [2.45, 2.75) is 51.3 Å². The summed E-state index contributed by atoms with van der Waals surface area (Å²) < 4.78 is 5.20. The molecule has 0 radical (unpaired) electrons. The first-order chi connectivity index (χ1) is 12.1. The van der Waals surface area contributed by atoms with Gasteiger partial charge in [0.25, 0.3) is 0 Å². The van der Waals surface area contributed by atoms with Crippen LogP contribution < -0.4 is 4.74 Å². The Labute approximate surface area is 150 Å². The largest absolute Gasteiger partial charge is 0.497 e. The first kappa shape index (κ1) is 18.2. The van der Waals surface area contributed by atoms with Crippen molar-refractivity contribution in [2.24, 2.45) is 5.92 Å². The molecule has 3 rings (SSSR count). The third kappa shape index (κ3) is 4.95. The van der Waals surface area contributed by atoms with Crippen LogP contribution in [0, 0.1) is 5.92 Å². The van der Waals surface area contributed by atoms with Gasteiger partial charge in [-0.2, -0.15) is 0 Å². The van der Waals surface area contributed by atoms with Crippen molar-refractivity contribution in [3.05, 3.63) is 29.8 Å². The highest BCUT2D eigenvalue weighted by Crippen LogP contribution is 2.29. The second-order valence-electron chi connectivity index (χ2n) is 7.46.